The summed E-state index contributed by atoms with van der Waals surface area (Å²) in [5, 5.41) is 17.0. The molecule has 142 valence electrons. The predicted octanol–water partition coefficient (Wildman–Crippen LogP) is 3.13. The highest BCUT2D eigenvalue weighted by Gasteiger charge is 2.12. The highest BCUT2D eigenvalue weighted by molar-refractivity contribution is 6.30. The number of rotatable bonds is 6. The zero-order valence-electron chi connectivity index (χ0n) is 15.2. The van der Waals surface area contributed by atoms with Crippen LogP contribution in [-0.4, -0.2) is 36.7 Å². The molecule has 9 heteroatoms. The van der Waals surface area contributed by atoms with Crippen LogP contribution < -0.4 is 11.1 Å². The van der Waals surface area contributed by atoms with E-state index in [1.807, 2.05) is 55.6 Å². The standard InChI is InChI=1S/C19H19ClN8/c1-27(11-13-4-3-9-22-19(13)21)12-18-25-24-17-8-7-16(26-28(17)18)23-15-6-2-5-14(20)10-15/h2-10H,11-12H2,1H3,(H2,21,22)(H,23,26). The summed E-state index contributed by atoms with van der Waals surface area (Å²) in [6.07, 6.45) is 1.68. The molecule has 4 rings (SSSR count). The van der Waals surface area contributed by atoms with Crippen molar-refractivity contribution < 1.29 is 0 Å². The van der Waals surface area contributed by atoms with Gasteiger partial charge in [-0.2, -0.15) is 4.52 Å². The number of nitrogens with two attached hydrogens (primary N) is 1. The number of aromatic nitrogens is 5. The summed E-state index contributed by atoms with van der Waals surface area (Å²) in [5.74, 6) is 1.94. The van der Waals surface area contributed by atoms with Crippen molar-refractivity contribution in [3.05, 3.63) is 71.1 Å². The smallest absolute Gasteiger partial charge is 0.178 e. The van der Waals surface area contributed by atoms with Crippen molar-refractivity contribution in [3.8, 4) is 0 Å². The molecular weight excluding hydrogens is 376 g/mol. The number of benzene rings is 1. The second kappa shape index (κ2) is 7.79. The van der Waals surface area contributed by atoms with Gasteiger partial charge in [-0.3, -0.25) is 4.90 Å². The largest absolute Gasteiger partial charge is 0.383 e. The van der Waals surface area contributed by atoms with E-state index in [0.717, 1.165) is 17.1 Å². The second-order valence-corrected chi connectivity index (χ2v) is 6.90. The molecule has 1 aromatic carbocycles. The molecule has 0 amide bonds. The first-order valence-electron chi connectivity index (χ1n) is 8.70. The van der Waals surface area contributed by atoms with Crippen molar-refractivity contribution in [1.29, 1.82) is 0 Å². The molecule has 0 saturated carbocycles. The van der Waals surface area contributed by atoms with Crippen LogP contribution in [0.1, 0.15) is 11.4 Å². The quantitative estimate of drug-likeness (QED) is 0.518. The number of nitrogens with one attached hydrogen (secondary N) is 1. The molecule has 8 nitrogen and oxygen atoms in total. The van der Waals surface area contributed by atoms with Crippen molar-refractivity contribution >= 4 is 34.6 Å². The van der Waals surface area contributed by atoms with E-state index in [-0.39, 0.29) is 0 Å². The van der Waals surface area contributed by atoms with Crippen LogP contribution in [0.3, 0.4) is 0 Å². The lowest BCUT2D eigenvalue weighted by Gasteiger charge is -2.16. The number of nitrogens with zero attached hydrogens (tertiary/aromatic N) is 6. The van der Waals surface area contributed by atoms with Crippen molar-refractivity contribution in [2.24, 2.45) is 0 Å². The molecule has 0 aliphatic heterocycles. The molecule has 0 unspecified atom stereocenters. The zero-order valence-corrected chi connectivity index (χ0v) is 16.0. The summed E-state index contributed by atoms with van der Waals surface area (Å²) in [6.45, 7) is 1.21. The molecule has 0 spiro atoms. The van der Waals surface area contributed by atoms with E-state index >= 15 is 0 Å². The minimum absolute atomic E-state index is 0.534. The fourth-order valence-corrected chi connectivity index (χ4v) is 3.08. The Hall–Kier alpha value is -3.23. The third-order valence-electron chi connectivity index (χ3n) is 4.20. The highest BCUT2D eigenvalue weighted by Crippen LogP contribution is 2.19. The van der Waals surface area contributed by atoms with E-state index in [4.69, 9.17) is 17.3 Å². The van der Waals surface area contributed by atoms with E-state index in [1.54, 1.807) is 10.7 Å². The molecule has 0 bridgehead atoms. The van der Waals surface area contributed by atoms with E-state index in [1.165, 1.54) is 0 Å². The van der Waals surface area contributed by atoms with Gasteiger partial charge in [0.1, 0.15) is 5.82 Å². The highest BCUT2D eigenvalue weighted by atomic mass is 35.5. The first-order chi connectivity index (χ1) is 13.6. The molecular formula is C19H19ClN8. The molecule has 0 atom stereocenters. The molecule has 0 saturated heterocycles. The van der Waals surface area contributed by atoms with Gasteiger partial charge in [0.05, 0.1) is 6.54 Å². The minimum atomic E-state index is 0.534. The summed E-state index contributed by atoms with van der Waals surface area (Å²) < 4.78 is 1.73. The van der Waals surface area contributed by atoms with Gasteiger partial charge in [0.15, 0.2) is 17.3 Å². The van der Waals surface area contributed by atoms with E-state index in [2.05, 4.69) is 30.5 Å². The number of pyridine rings is 1. The van der Waals surface area contributed by atoms with Crippen molar-refractivity contribution in [2.75, 3.05) is 18.1 Å². The van der Waals surface area contributed by atoms with Gasteiger partial charge in [-0.1, -0.05) is 23.7 Å². The number of nitrogen functional groups attached to an aromatic ring is 1. The number of hydrogen-bond donors (Lipinski definition) is 2. The molecule has 4 aromatic rings. The summed E-state index contributed by atoms with van der Waals surface area (Å²) >= 11 is 6.04. The molecule has 3 aromatic heterocycles. The lowest BCUT2D eigenvalue weighted by atomic mass is 10.2. The van der Waals surface area contributed by atoms with Gasteiger partial charge in [-0.25, -0.2) is 4.98 Å². The molecule has 28 heavy (non-hydrogen) atoms. The Kier molecular flexibility index (Phi) is 5.05. The SMILES string of the molecule is CN(Cc1cccnc1N)Cc1nnc2ccc(Nc3cccc(Cl)c3)nn12. The first-order valence-corrected chi connectivity index (χ1v) is 9.08. The van der Waals surface area contributed by atoms with Gasteiger partial charge >= 0.3 is 0 Å². The Morgan fingerprint density at radius 3 is 2.82 bits per heavy atom. The molecule has 0 aliphatic rings. The van der Waals surface area contributed by atoms with Crippen LogP contribution >= 0.6 is 11.6 Å². The van der Waals surface area contributed by atoms with E-state index in [9.17, 15) is 0 Å². The number of halogens is 1. The molecule has 0 aliphatic carbocycles. The zero-order chi connectivity index (χ0) is 19.5. The molecule has 0 fully saturated rings. The second-order valence-electron chi connectivity index (χ2n) is 6.46. The van der Waals surface area contributed by atoms with Crippen LogP contribution in [0.4, 0.5) is 17.3 Å². The van der Waals surface area contributed by atoms with Crippen molar-refractivity contribution in [3.63, 3.8) is 0 Å². The number of fused-ring (bicyclic) bond motifs is 1. The Bertz CT molecular complexity index is 1110. The fourth-order valence-electron chi connectivity index (χ4n) is 2.89. The Morgan fingerprint density at radius 1 is 1.11 bits per heavy atom. The molecule has 3 heterocycles. The van der Waals surface area contributed by atoms with Crippen LogP contribution in [0.5, 0.6) is 0 Å². The summed E-state index contributed by atoms with van der Waals surface area (Å²) in [5.41, 5.74) is 8.44. The lowest BCUT2D eigenvalue weighted by molar-refractivity contribution is 0.308. The number of anilines is 3. The normalized spacial score (nSPS) is 11.2. The van der Waals surface area contributed by atoms with Crippen LogP contribution in [0.2, 0.25) is 5.02 Å². The van der Waals surface area contributed by atoms with Gasteiger partial charge in [-0.05, 0) is 43.4 Å². The Balaban J connectivity index is 1.53. The minimum Gasteiger partial charge on any atom is -0.383 e. The molecule has 3 N–H and O–H groups in total. The maximum Gasteiger partial charge on any atom is 0.178 e. The average Bonchev–Trinajstić information content (AvgIpc) is 3.06. The van der Waals surface area contributed by atoms with E-state index < -0.39 is 0 Å². The van der Waals surface area contributed by atoms with Crippen LogP contribution in [0.25, 0.3) is 5.65 Å². The van der Waals surface area contributed by atoms with Gasteiger partial charge < -0.3 is 11.1 Å². The monoisotopic (exact) mass is 394 g/mol. The summed E-state index contributed by atoms with van der Waals surface area (Å²) in [6, 6.07) is 15.0. The van der Waals surface area contributed by atoms with Gasteiger partial charge in [0, 0.05) is 29.0 Å². The Morgan fingerprint density at radius 2 is 2.00 bits per heavy atom. The van der Waals surface area contributed by atoms with Crippen LogP contribution in [0.15, 0.2) is 54.7 Å². The third kappa shape index (κ3) is 4.03. The van der Waals surface area contributed by atoms with Crippen molar-refractivity contribution in [1.82, 2.24) is 29.7 Å². The van der Waals surface area contributed by atoms with Crippen LogP contribution in [-0.2, 0) is 13.1 Å². The molecule has 0 radical (unpaired) electrons. The number of hydrogen-bond acceptors (Lipinski definition) is 7. The van der Waals surface area contributed by atoms with Gasteiger partial charge in [0.25, 0.3) is 0 Å². The van der Waals surface area contributed by atoms with Gasteiger partial charge in [-0.15, -0.1) is 15.3 Å². The van der Waals surface area contributed by atoms with E-state index in [0.29, 0.717) is 35.4 Å². The Labute approximate surface area is 167 Å². The van der Waals surface area contributed by atoms with Gasteiger partial charge in [0.2, 0.25) is 0 Å². The first kappa shape index (κ1) is 18.1. The maximum atomic E-state index is 6.04. The fraction of sp³-hybridized carbons (Fsp3) is 0.158. The third-order valence-corrected chi connectivity index (χ3v) is 4.44. The average molecular weight is 395 g/mol. The predicted molar refractivity (Wildman–Crippen MR) is 109 cm³/mol. The summed E-state index contributed by atoms with van der Waals surface area (Å²) in [7, 11) is 1.99. The van der Waals surface area contributed by atoms with Crippen LogP contribution in [0, 0.1) is 0 Å². The van der Waals surface area contributed by atoms with Crippen molar-refractivity contribution in [2.45, 2.75) is 13.1 Å². The summed E-state index contributed by atoms with van der Waals surface area (Å²) in [4.78, 5) is 6.21. The maximum absolute atomic E-state index is 6.04. The lowest BCUT2D eigenvalue weighted by Crippen LogP contribution is -2.20. The topological polar surface area (TPSA) is 97.3 Å².